The van der Waals surface area contributed by atoms with Gasteiger partial charge in [-0.3, -0.25) is 9.05 Å². The van der Waals surface area contributed by atoms with E-state index in [1.165, 1.54) is 40.6 Å². The van der Waals surface area contributed by atoms with Crippen molar-refractivity contribution >= 4 is 42.4 Å². The Labute approximate surface area is 395 Å². The average molecular weight is 990 g/mol. The van der Waals surface area contributed by atoms with E-state index in [9.17, 15) is 38.1 Å². The molecule has 0 saturated carbocycles. The fourth-order valence-corrected chi connectivity index (χ4v) is 7.82. The van der Waals surface area contributed by atoms with Crippen molar-refractivity contribution in [3.8, 4) is 23.0 Å². The van der Waals surface area contributed by atoms with Crippen LogP contribution in [0, 0.1) is 21.7 Å². The Hall–Kier alpha value is -6.90. The van der Waals surface area contributed by atoms with E-state index in [0.717, 1.165) is 15.7 Å². The molecule has 2 aliphatic carbocycles. The molecular formula is C41H49F2N11O12S2. The SMILES string of the molecule is C.CC(C)(C)OC(=O)NCCS.CC(C)(C)OC(=O)NCCSc1nonc1-c1noc(=O)n1C1CCc2ccc(F)cc21.O=c1onc(-c2nonc2[N+](=O)[O-])n1C1CCc2ccc(F)cc21. The largest absolute Gasteiger partial charge is 0.446 e. The van der Waals surface area contributed by atoms with Crippen LogP contribution in [0.5, 0.6) is 0 Å². The highest BCUT2D eigenvalue weighted by Crippen LogP contribution is 2.38. The standard InChI is InChI=1S/C20H22FN5O5S.C13H8FN5O5.C7H15NO2S.CH4/c1-20(2,3)29-18(27)22-8-9-32-17-15(23-31-25-17)16-24-30-19(28)26(16)14-7-5-11-4-6-12(21)10-13(11)14;14-7-3-1-6-2-4-9(8(6)5-7)18-11(16-23-13(18)20)10-12(19(21)22)17-24-15-10;1-7(2,3)10-6(9)8-4-5-11;/h4,6,10,14H,5,7-9H2,1-3H3,(H,22,27);1,3,5,9H,2,4H2;11H,4-5H2,1-3H3,(H,8,9);1H4. The minimum atomic E-state index is -0.829. The molecule has 2 unspecified atom stereocenters. The number of aromatic nitrogens is 8. The zero-order valence-electron chi connectivity index (χ0n) is 36.8. The molecule has 27 heteroatoms. The minimum absolute atomic E-state index is 0. The number of benzene rings is 2. The van der Waals surface area contributed by atoms with Gasteiger partial charge in [0.15, 0.2) is 15.9 Å². The number of nitrogens with zero attached hydrogens (tertiary/aromatic N) is 9. The molecule has 0 spiro atoms. The van der Waals surface area contributed by atoms with Gasteiger partial charge in [0.25, 0.3) is 5.69 Å². The highest BCUT2D eigenvalue weighted by atomic mass is 32.2. The van der Waals surface area contributed by atoms with Gasteiger partial charge in [0.1, 0.15) is 22.8 Å². The van der Waals surface area contributed by atoms with Gasteiger partial charge in [-0.2, -0.15) is 12.6 Å². The summed E-state index contributed by atoms with van der Waals surface area (Å²) in [6.07, 6.45) is 1.51. The van der Waals surface area contributed by atoms with Gasteiger partial charge >= 0.3 is 29.5 Å². The zero-order chi connectivity index (χ0) is 48.6. The van der Waals surface area contributed by atoms with Crippen LogP contribution in [0.25, 0.3) is 23.0 Å². The highest BCUT2D eigenvalue weighted by Gasteiger charge is 2.36. The molecule has 23 nitrogen and oxygen atoms in total. The molecule has 2 aliphatic rings. The van der Waals surface area contributed by atoms with Crippen LogP contribution in [0.15, 0.2) is 69.3 Å². The highest BCUT2D eigenvalue weighted by molar-refractivity contribution is 7.99. The van der Waals surface area contributed by atoms with Crippen LogP contribution in [-0.4, -0.2) is 93.0 Å². The van der Waals surface area contributed by atoms with E-state index in [1.54, 1.807) is 32.9 Å². The number of rotatable bonds is 11. The van der Waals surface area contributed by atoms with Gasteiger partial charge in [-0.25, -0.2) is 41.7 Å². The van der Waals surface area contributed by atoms with E-state index in [0.29, 0.717) is 66.4 Å². The van der Waals surface area contributed by atoms with Crippen LogP contribution in [0.2, 0.25) is 0 Å². The molecule has 2 aromatic carbocycles. The summed E-state index contributed by atoms with van der Waals surface area (Å²) in [5, 5.41) is 38.4. The molecule has 4 heterocycles. The van der Waals surface area contributed by atoms with E-state index in [1.807, 2.05) is 20.8 Å². The Morgan fingerprint density at radius 1 is 0.779 bits per heavy atom. The molecule has 8 rings (SSSR count). The summed E-state index contributed by atoms with van der Waals surface area (Å²) in [6.45, 7) is 11.7. The van der Waals surface area contributed by atoms with Crippen LogP contribution >= 0.6 is 24.4 Å². The van der Waals surface area contributed by atoms with Crippen LogP contribution in [0.3, 0.4) is 0 Å². The predicted octanol–water partition coefficient (Wildman–Crippen LogP) is 6.72. The third kappa shape index (κ3) is 13.0. The molecule has 0 radical (unpaired) electrons. The molecule has 0 aliphatic heterocycles. The van der Waals surface area contributed by atoms with Crippen LogP contribution < -0.4 is 22.1 Å². The van der Waals surface area contributed by atoms with Crippen molar-refractivity contribution in [1.29, 1.82) is 0 Å². The van der Waals surface area contributed by atoms with Crippen molar-refractivity contribution in [3.05, 3.63) is 102 Å². The number of nitro groups is 1. The monoisotopic (exact) mass is 989 g/mol. The molecule has 6 aromatic rings. The second kappa shape index (κ2) is 22.3. The predicted molar refractivity (Wildman–Crippen MR) is 240 cm³/mol. The first kappa shape index (κ1) is 52.1. The van der Waals surface area contributed by atoms with E-state index in [2.05, 4.69) is 63.4 Å². The lowest BCUT2D eigenvalue weighted by Gasteiger charge is -2.19. The lowest BCUT2D eigenvalue weighted by molar-refractivity contribution is -0.390. The maximum atomic E-state index is 13.8. The van der Waals surface area contributed by atoms with E-state index in [4.69, 9.17) is 18.6 Å². The number of fused-ring (bicyclic) bond motifs is 2. The van der Waals surface area contributed by atoms with Crippen LogP contribution in [-0.2, 0) is 22.3 Å². The van der Waals surface area contributed by atoms with Gasteiger partial charge in [0, 0.05) is 24.6 Å². The lowest BCUT2D eigenvalue weighted by Crippen LogP contribution is -2.33. The minimum Gasteiger partial charge on any atom is -0.444 e. The fraction of sp³-hybridized carbons (Fsp3) is 0.463. The first-order chi connectivity index (χ1) is 31.7. The molecule has 0 bridgehead atoms. The number of amides is 2. The molecule has 2 atom stereocenters. The maximum Gasteiger partial charge on any atom is 0.446 e. The summed E-state index contributed by atoms with van der Waals surface area (Å²) < 4.78 is 58.8. The topological polar surface area (TPSA) is 294 Å². The fourth-order valence-electron chi connectivity index (χ4n) is 6.96. The first-order valence-electron chi connectivity index (χ1n) is 20.4. The summed E-state index contributed by atoms with van der Waals surface area (Å²) in [6, 6.07) is 7.85. The second-order valence-corrected chi connectivity index (χ2v) is 18.2. The molecule has 68 heavy (non-hydrogen) atoms. The van der Waals surface area contributed by atoms with Gasteiger partial charge in [-0.15, -0.1) is 4.63 Å². The third-order valence-electron chi connectivity index (χ3n) is 9.52. The second-order valence-electron chi connectivity index (χ2n) is 16.6. The molecule has 2 N–H and O–H groups in total. The summed E-state index contributed by atoms with van der Waals surface area (Å²) in [5.41, 5.74) is 2.08. The summed E-state index contributed by atoms with van der Waals surface area (Å²) in [7, 11) is 0. The van der Waals surface area contributed by atoms with Crippen molar-refractivity contribution in [1.82, 2.24) is 50.7 Å². The molecule has 366 valence electrons. The first-order valence-corrected chi connectivity index (χ1v) is 22.1. The Morgan fingerprint density at radius 2 is 1.25 bits per heavy atom. The number of nitrogens with one attached hydrogen (secondary N) is 2. The normalized spacial score (nSPS) is 14.8. The van der Waals surface area contributed by atoms with Gasteiger partial charge < -0.3 is 30.2 Å². The molecule has 0 saturated heterocycles. The number of alkyl carbamates (subject to hydrolysis) is 2. The maximum absolute atomic E-state index is 13.8. The van der Waals surface area contributed by atoms with Crippen molar-refractivity contribution in [2.75, 3.05) is 24.6 Å². The number of thioether (sulfide) groups is 1. The van der Waals surface area contributed by atoms with Crippen molar-refractivity contribution < 1.29 is 51.1 Å². The van der Waals surface area contributed by atoms with E-state index >= 15 is 0 Å². The quantitative estimate of drug-likeness (QED) is 0.0399. The Bertz CT molecular complexity index is 2830. The number of carbonyl (C=O) groups excluding carboxylic acids is 2. The molecule has 0 fully saturated rings. The zero-order valence-corrected chi connectivity index (χ0v) is 38.5. The lowest BCUT2D eigenvalue weighted by atomic mass is 10.1. The van der Waals surface area contributed by atoms with Crippen molar-refractivity contribution in [2.45, 2.75) is 103 Å². The summed E-state index contributed by atoms with van der Waals surface area (Å²) in [4.78, 5) is 57.3. The summed E-state index contributed by atoms with van der Waals surface area (Å²) >= 11 is 5.20. The van der Waals surface area contributed by atoms with Gasteiger partial charge in [0.05, 0.1) is 12.1 Å². The molecule has 4 aromatic heterocycles. The third-order valence-corrected chi connectivity index (χ3v) is 10.7. The molecule has 2 amide bonds. The Balaban J connectivity index is 0.000000211. The number of halogens is 2. The van der Waals surface area contributed by atoms with Gasteiger partial charge in [-0.05, 0) is 134 Å². The molecular weight excluding hydrogens is 941 g/mol. The number of hydrogen-bond donors (Lipinski definition) is 3. The number of carbonyl (C=O) groups is 2. The average Bonchev–Trinajstić information content (AvgIpc) is 4.11. The Kier molecular flexibility index (Phi) is 17.1. The number of aryl methyl sites for hydroxylation is 2. The van der Waals surface area contributed by atoms with Gasteiger partial charge in [0.2, 0.25) is 11.6 Å². The smallest absolute Gasteiger partial charge is 0.444 e. The number of hydrogen-bond acceptors (Lipinski definition) is 20. The van der Waals surface area contributed by atoms with Gasteiger partial charge in [-0.1, -0.05) is 41.6 Å². The van der Waals surface area contributed by atoms with Crippen LogP contribution in [0.4, 0.5) is 24.2 Å². The van der Waals surface area contributed by atoms with E-state index < -0.39 is 57.4 Å². The van der Waals surface area contributed by atoms with E-state index in [-0.39, 0.29) is 42.4 Å². The number of ether oxygens (including phenoxy) is 2. The van der Waals surface area contributed by atoms with Crippen molar-refractivity contribution in [3.63, 3.8) is 0 Å². The van der Waals surface area contributed by atoms with Crippen LogP contribution in [0.1, 0.15) is 96.1 Å². The Morgan fingerprint density at radius 3 is 1.74 bits per heavy atom. The summed E-state index contributed by atoms with van der Waals surface area (Å²) in [5.74, 6) is -1.97. The van der Waals surface area contributed by atoms with Crippen molar-refractivity contribution in [2.24, 2.45) is 0 Å². The number of thiol groups is 1.